The number of carbonyl (C=O) groups is 2. The van der Waals surface area contributed by atoms with Crippen LogP contribution < -0.4 is 0 Å². The maximum absolute atomic E-state index is 13.1. The van der Waals surface area contributed by atoms with Gasteiger partial charge < -0.3 is 14.5 Å². The van der Waals surface area contributed by atoms with E-state index < -0.39 is 11.6 Å². The Morgan fingerprint density at radius 1 is 1.09 bits per heavy atom. The SMILES string of the molecule is Cc1nc2c3ccccc3nn2c(C)c1CCC(=O)N(CCN(C)C)CC(=O)OC(C)(C)C. The van der Waals surface area contributed by atoms with Crippen molar-refractivity contribution >= 4 is 28.4 Å². The van der Waals surface area contributed by atoms with Gasteiger partial charge in [-0.2, -0.15) is 5.10 Å². The van der Waals surface area contributed by atoms with Gasteiger partial charge in [0, 0.05) is 36.3 Å². The first kappa shape index (κ1) is 24.6. The number of hydrogen-bond donors (Lipinski definition) is 0. The van der Waals surface area contributed by atoms with E-state index >= 15 is 0 Å². The van der Waals surface area contributed by atoms with Crippen LogP contribution in [0.3, 0.4) is 0 Å². The smallest absolute Gasteiger partial charge is 0.326 e. The van der Waals surface area contributed by atoms with E-state index in [1.807, 2.05) is 82.4 Å². The third-order valence-corrected chi connectivity index (χ3v) is 5.52. The fourth-order valence-electron chi connectivity index (χ4n) is 3.87. The van der Waals surface area contributed by atoms with Crippen LogP contribution >= 0.6 is 0 Å². The highest BCUT2D eigenvalue weighted by Gasteiger charge is 2.23. The molecular weight excluding hydrogens is 418 g/mol. The second-order valence-electron chi connectivity index (χ2n) is 9.72. The van der Waals surface area contributed by atoms with Crippen molar-refractivity contribution in [3.8, 4) is 0 Å². The zero-order valence-electron chi connectivity index (χ0n) is 20.8. The lowest BCUT2D eigenvalue weighted by Crippen LogP contribution is -2.42. The summed E-state index contributed by atoms with van der Waals surface area (Å²) in [6.45, 7) is 10.5. The Bertz CT molecular complexity index is 1160. The summed E-state index contributed by atoms with van der Waals surface area (Å²) < 4.78 is 7.30. The molecule has 0 atom stereocenters. The molecule has 0 aliphatic rings. The summed E-state index contributed by atoms with van der Waals surface area (Å²) in [5.74, 6) is -0.472. The van der Waals surface area contributed by atoms with E-state index in [1.54, 1.807) is 4.90 Å². The van der Waals surface area contributed by atoms with Crippen molar-refractivity contribution in [2.75, 3.05) is 33.7 Å². The van der Waals surface area contributed by atoms with Gasteiger partial charge in [0.25, 0.3) is 0 Å². The highest BCUT2D eigenvalue weighted by molar-refractivity contribution is 5.92. The van der Waals surface area contributed by atoms with Crippen LogP contribution in [0.5, 0.6) is 0 Å². The summed E-state index contributed by atoms with van der Waals surface area (Å²) >= 11 is 0. The topological polar surface area (TPSA) is 80.0 Å². The number of ether oxygens (including phenoxy) is 1. The first-order valence-corrected chi connectivity index (χ1v) is 11.3. The van der Waals surface area contributed by atoms with Crippen LogP contribution in [0, 0.1) is 13.8 Å². The average molecular weight is 454 g/mol. The van der Waals surface area contributed by atoms with E-state index in [1.165, 1.54) is 0 Å². The number of fused-ring (bicyclic) bond motifs is 3. The molecule has 33 heavy (non-hydrogen) atoms. The fourth-order valence-corrected chi connectivity index (χ4v) is 3.87. The molecule has 2 heterocycles. The zero-order valence-corrected chi connectivity index (χ0v) is 20.8. The Kier molecular flexibility index (Phi) is 7.37. The highest BCUT2D eigenvalue weighted by Crippen LogP contribution is 2.23. The number of rotatable bonds is 8. The molecule has 3 rings (SSSR count). The number of carbonyl (C=O) groups excluding carboxylic acids is 2. The summed E-state index contributed by atoms with van der Waals surface area (Å²) in [6, 6.07) is 7.94. The molecule has 0 spiro atoms. The second kappa shape index (κ2) is 9.87. The molecule has 0 radical (unpaired) electrons. The molecule has 0 N–H and O–H groups in total. The van der Waals surface area contributed by atoms with Crippen LogP contribution in [-0.4, -0.2) is 75.6 Å². The monoisotopic (exact) mass is 453 g/mol. The van der Waals surface area contributed by atoms with Crippen LogP contribution in [0.15, 0.2) is 24.3 Å². The normalized spacial score (nSPS) is 12.0. The van der Waals surface area contributed by atoms with Crippen molar-refractivity contribution in [2.45, 2.75) is 53.1 Å². The van der Waals surface area contributed by atoms with Gasteiger partial charge in [-0.1, -0.05) is 12.1 Å². The van der Waals surface area contributed by atoms with Crippen molar-refractivity contribution in [3.05, 3.63) is 41.2 Å². The molecule has 3 aromatic rings. The molecule has 0 aliphatic carbocycles. The predicted molar refractivity (Wildman–Crippen MR) is 129 cm³/mol. The Labute approximate surface area is 195 Å². The average Bonchev–Trinajstić information content (AvgIpc) is 3.08. The lowest BCUT2D eigenvalue weighted by atomic mass is 10.1. The van der Waals surface area contributed by atoms with Crippen molar-refractivity contribution in [1.29, 1.82) is 0 Å². The lowest BCUT2D eigenvalue weighted by Gasteiger charge is -2.26. The summed E-state index contributed by atoms with van der Waals surface area (Å²) in [5, 5.41) is 5.71. The molecule has 0 saturated carbocycles. The second-order valence-corrected chi connectivity index (χ2v) is 9.72. The van der Waals surface area contributed by atoms with Crippen LogP contribution in [0.4, 0.5) is 0 Å². The van der Waals surface area contributed by atoms with Gasteiger partial charge in [0.05, 0.1) is 5.52 Å². The van der Waals surface area contributed by atoms with Crippen molar-refractivity contribution in [1.82, 2.24) is 24.4 Å². The number of aryl methyl sites for hydroxylation is 2. The van der Waals surface area contributed by atoms with Crippen molar-refractivity contribution in [2.24, 2.45) is 0 Å². The molecule has 0 bridgehead atoms. The molecule has 0 fully saturated rings. The molecule has 0 saturated heterocycles. The Morgan fingerprint density at radius 2 is 1.79 bits per heavy atom. The molecule has 1 amide bonds. The molecule has 0 aliphatic heterocycles. The first-order valence-electron chi connectivity index (χ1n) is 11.3. The standard InChI is InChI=1S/C25H35N5O3/c1-17-19(18(2)30-24(26-17)20-10-8-9-11-21(20)27-30)12-13-22(31)29(15-14-28(6)7)16-23(32)33-25(3,4)5/h8-11H,12-16H2,1-7H3. The molecule has 2 aromatic heterocycles. The first-order chi connectivity index (χ1) is 15.5. The molecule has 8 heteroatoms. The minimum absolute atomic E-state index is 0.0518. The Morgan fingerprint density at radius 3 is 2.45 bits per heavy atom. The van der Waals surface area contributed by atoms with Crippen LogP contribution in [0.25, 0.3) is 16.6 Å². The van der Waals surface area contributed by atoms with E-state index in [2.05, 4.69) is 0 Å². The van der Waals surface area contributed by atoms with E-state index in [9.17, 15) is 9.59 Å². The predicted octanol–water partition coefficient (Wildman–Crippen LogP) is 3.16. The third-order valence-electron chi connectivity index (χ3n) is 5.52. The molecular formula is C25H35N5O3. The maximum Gasteiger partial charge on any atom is 0.326 e. The zero-order chi connectivity index (χ0) is 24.3. The molecule has 1 aromatic carbocycles. The van der Waals surface area contributed by atoms with E-state index in [-0.39, 0.29) is 18.9 Å². The Balaban J connectivity index is 1.78. The third kappa shape index (κ3) is 6.07. The highest BCUT2D eigenvalue weighted by atomic mass is 16.6. The quantitative estimate of drug-likeness (QED) is 0.488. The van der Waals surface area contributed by atoms with Gasteiger partial charge in [0.1, 0.15) is 12.1 Å². The van der Waals surface area contributed by atoms with Gasteiger partial charge >= 0.3 is 5.97 Å². The molecule has 178 valence electrons. The largest absolute Gasteiger partial charge is 0.459 e. The minimum Gasteiger partial charge on any atom is -0.459 e. The molecule has 8 nitrogen and oxygen atoms in total. The molecule has 0 unspecified atom stereocenters. The van der Waals surface area contributed by atoms with Gasteiger partial charge in [-0.25, -0.2) is 9.50 Å². The summed E-state index contributed by atoms with van der Waals surface area (Å²) in [6.07, 6.45) is 0.814. The number of nitrogens with zero attached hydrogens (tertiary/aromatic N) is 5. The summed E-state index contributed by atoms with van der Waals surface area (Å²) in [4.78, 5) is 33.9. The van der Waals surface area contributed by atoms with E-state index in [0.29, 0.717) is 19.5 Å². The lowest BCUT2D eigenvalue weighted by molar-refractivity contribution is -0.159. The van der Waals surface area contributed by atoms with Gasteiger partial charge in [0.2, 0.25) is 5.91 Å². The number of likely N-dealkylation sites (N-methyl/N-ethyl adjacent to an activating group) is 1. The summed E-state index contributed by atoms with van der Waals surface area (Å²) in [5.41, 5.74) is 4.02. The van der Waals surface area contributed by atoms with Gasteiger partial charge in [-0.3, -0.25) is 9.59 Å². The van der Waals surface area contributed by atoms with Crippen molar-refractivity contribution in [3.63, 3.8) is 0 Å². The number of hydrogen-bond acceptors (Lipinski definition) is 6. The van der Waals surface area contributed by atoms with Gasteiger partial charge in [-0.15, -0.1) is 0 Å². The van der Waals surface area contributed by atoms with Crippen molar-refractivity contribution < 1.29 is 14.3 Å². The maximum atomic E-state index is 13.1. The van der Waals surface area contributed by atoms with Crippen LogP contribution in [0.2, 0.25) is 0 Å². The summed E-state index contributed by atoms with van der Waals surface area (Å²) in [7, 11) is 3.88. The number of benzene rings is 1. The number of esters is 1. The fraction of sp³-hybridized carbons (Fsp3) is 0.520. The van der Waals surface area contributed by atoms with Gasteiger partial charge in [-0.05, 0) is 72.8 Å². The number of amides is 1. The number of aromatic nitrogens is 3. The van der Waals surface area contributed by atoms with Gasteiger partial charge in [0.15, 0.2) is 5.65 Å². The van der Waals surface area contributed by atoms with E-state index in [0.717, 1.165) is 33.5 Å². The van der Waals surface area contributed by atoms with Crippen LogP contribution in [0.1, 0.15) is 44.1 Å². The van der Waals surface area contributed by atoms with Crippen LogP contribution in [-0.2, 0) is 20.7 Å². The van der Waals surface area contributed by atoms with E-state index in [4.69, 9.17) is 14.8 Å². The minimum atomic E-state index is -0.587. The Hall–Kier alpha value is -3.00.